The molecule has 19 heavy (non-hydrogen) atoms. The smallest absolute Gasteiger partial charge is 0.224 e. The predicted molar refractivity (Wildman–Crippen MR) is 76.5 cm³/mol. The highest BCUT2D eigenvalue weighted by atomic mass is 35.5. The zero-order valence-corrected chi connectivity index (χ0v) is 11.4. The second kappa shape index (κ2) is 5.31. The molecule has 1 fully saturated rings. The van der Waals surface area contributed by atoms with E-state index in [0.29, 0.717) is 0 Å². The molecular weight excluding hydrogens is 262 g/mol. The lowest BCUT2D eigenvalue weighted by Crippen LogP contribution is -2.30. The lowest BCUT2D eigenvalue weighted by atomic mass is 10.1. The maximum Gasteiger partial charge on any atom is 0.224 e. The summed E-state index contributed by atoms with van der Waals surface area (Å²) in [6.45, 7) is 2.05. The Labute approximate surface area is 117 Å². The number of benzene rings is 1. The van der Waals surface area contributed by atoms with E-state index in [9.17, 15) is 5.11 Å². The Bertz CT molecular complexity index is 597. The maximum atomic E-state index is 9.20. The van der Waals surface area contributed by atoms with Crippen LogP contribution in [0.3, 0.4) is 0 Å². The Morgan fingerprint density at radius 1 is 1.16 bits per heavy atom. The van der Waals surface area contributed by atoms with Gasteiger partial charge in [0.1, 0.15) is 5.82 Å². The largest absolute Gasteiger partial charge is 0.392 e. The van der Waals surface area contributed by atoms with Crippen LogP contribution in [-0.4, -0.2) is 28.2 Å². The number of rotatable bonds is 2. The monoisotopic (exact) mass is 277 g/mol. The molecule has 0 spiro atoms. The second-order valence-corrected chi connectivity index (χ2v) is 5.21. The minimum Gasteiger partial charge on any atom is -0.392 e. The summed E-state index contributed by atoms with van der Waals surface area (Å²) in [5, 5.41) is 10.5. The van der Waals surface area contributed by atoms with Gasteiger partial charge in [0.15, 0.2) is 0 Å². The number of aliphatic hydroxyl groups excluding tert-OH is 1. The summed E-state index contributed by atoms with van der Waals surface area (Å²) in [7, 11) is 0. The molecule has 0 aliphatic carbocycles. The summed E-state index contributed by atoms with van der Waals surface area (Å²) < 4.78 is 0. The van der Waals surface area contributed by atoms with E-state index in [0.717, 1.165) is 35.4 Å². The first kappa shape index (κ1) is 12.6. The number of aromatic nitrogens is 2. The third kappa shape index (κ3) is 2.51. The van der Waals surface area contributed by atoms with Crippen molar-refractivity contribution in [3.8, 4) is 0 Å². The van der Waals surface area contributed by atoms with Gasteiger partial charge >= 0.3 is 0 Å². The third-order valence-corrected chi connectivity index (χ3v) is 3.72. The van der Waals surface area contributed by atoms with Crippen molar-refractivity contribution < 1.29 is 5.11 Å². The Kier molecular flexibility index (Phi) is 3.53. The van der Waals surface area contributed by atoms with Crippen LogP contribution < -0.4 is 4.90 Å². The van der Waals surface area contributed by atoms with Gasteiger partial charge in [-0.25, -0.2) is 4.98 Å². The van der Waals surface area contributed by atoms with Gasteiger partial charge in [-0.1, -0.05) is 6.07 Å². The molecule has 0 radical (unpaired) electrons. The molecule has 2 aromatic rings. The quantitative estimate of drug-likeness (QED) is 0.858. The number of hydrogen-bond acceptors (Lipinski definition) is 4. The van der Waals surface area contributed by atoms with E-state index in [1.54, 1.807) is 0 Å². The van der Waals surface area contributed by atoms with E-state index in [1.165, 1.54) is 19.3 Å². The molecule has 0 amide bonds. The van der Waals surface area contributed by atoms with Gasteiger partial charge in [-0.2, -0.15) is 4.98 Å². The second-order valence-electron chi connectivity index (χ2n) is 4.87. The average molecular weight is 278 g/mol. The topological polar surface area (TPSA) is 49.2 Å². The van der Waals surface area contributed by atoms with Crippen LogP contribution in [0.25, 0.3) is 10.9 Å². The zero-order chi connectivity index (χ0) is 13.2. The maximum absolute atomic E-state index is 9.20. The molecule has 1 saturated heterocycles. The van der Waals surface area contributed by atoms with Crippen molar-refractivity contribution in [3.05, 3.63) is 29.0 Å². The first-order valence-corrected chi connectivity index (χ1v) is 6.98. The Balaban J connectivity index is 2.11. The van der Waals surface area contributed by atoms with E-state index in [1.807, 2.05) is 18.2 Å². The fourth-order valence-electron chi connectivity index (χ4n) is 2.58. The van der Waals surface area contributed by atoms with Gasteiger partial charge in [-0.3, -0.25) is 0 Å². The van der Waals surface area contributed by atoms with Crippen LogP contribution in [0.1, 0.15) is 24.8 Å². The minimum absolute atomic E-state index is 0.0105. The molecule has 3 rings (SSSR count). The molecular formula is C14H16ClN3O. The molecule has 0 saturated carbocycles. The molecule has 1 aliphatic heterocycles. The van der Waals surface area contributed by atoms with E-state index in [2.05, 4.69) is 14.9 Å². The molecule has 4 nitrogen and oxygen atoms in total. The van der Waals surface area contributed by atoms with Crippen LogP contribution in [0.4, 0.5) is 5.82 Å². The third-order valence-electron chi connectivity index (χ3n) is 3.55. The predicted octanol–water partition coefficient (Wildman–Crippen LogP) is 2.77. The van der Waals surface area contributed by atoms with Gasteiger partial charge in [0, 0.05) is 18.5 Å². The van der Waals surface area contributed by atoms with E-state index in [4.69, 9.17) is 11.6 Å². The van der Waals surface area contributed by atoms with Crippen LogP contribution in [-0.2, 0) is 6.61 Å². The van der Waals surface area contributed by atoms with Gasteiger partial charge in [0.2, 0.25) is 5.28 Å². The Morgan fingerprint density at radius 3 is 2.68 bits per heavy atom. The summed E-state index contributed by atoms with van der Waals surface area (Å²) in [6.07, 6.45) is 3.66. The van der Waals surface area contributed by atoms with Crippen LogP contribution >= 0.6 is 11.6 Å². The zero-order valence-electron chi connectivity index (χ0n) is 10.6. The minimum atomic E-state index is 0.0105. The van der Waals surface area contributed by atoms with E-state index in [-0.39, 0.29) is 11.9 Å². The Morgan fingerprint density at radius 2 is 1.95 bits per heavy atom. The summed E-state index contributed by atoms with van der Waals surface area (Å²) in [5.41, 5.74) is 1.64. The number of nitrogens with zero attached hydrogens (tertiary/aromatic N) is 3. The van der Waals surface area contributed by atoms with Crippen molar-refractivity contribution >= 4 is 28.3 Å². The fourth-order valence-corrected chi connectivity index (χ4v) is 2.75. The summed E-state index contributed by atoms with van der Waals surface area (Å²) in [6, 6.07) is 5.75. The van der Waals surface area contributed by atoms with Gasteiger partial charge in [0.25, 0.3) is 0 Å². The molecule has 1 aromatic heterocycles. The number of aliphatic hydroxyl groups is 1. The van der Waals surface area contributed by atoms with Crippen molar-refractivity contribution in [1.29, 1.82) is 0 Å². The van der Waals surface area contributed by atoms with Crippen molar-refractivity contribution in [2.75, 3.05) is 18.0 Å². The number of piperidine rings is 1. The van der Waals surface area contributed by atoms with Gasteiger partial charge in [0.05, 0.1) is 12.1 Å². The van der Waals surface area contributed by atoms with Crippen molar-refractivity contribution in [1.82, 2.24) is 9.97 Å². The molecule has 1 N–H and O–H groups in total. The lowest BCUT2D eigenvalue weighted by Gasteiger charge is -2.28. The molecule has 1 aliphatic rings. The average Bonchev–Trinajstić information content (AvgIpc) is 2.46. The highest BCUT2D eigenvalue weighted by Crippen LogP contribution is 2.28. The summed E-state index contributed by atoms with van der Waals surface area (Å²) >= 11 is 6.03. The summed E-state index contributed by atoms with van der Waals surface area (Å²) in [5.74, 6) is 0.916. The normalized spacial score (nSPS) is 16.0. The molecule has 0 atom stereocenters. The van der Waals surface area contributed by atoms with E-state index < -0.39 is 0 Å². The van der Waals surface area contributed by atoms with Crippen LogP contribution in [0, 0.1) is 0 Å². The van der Waals surface area contributed by atoms with Crippen LogP contribution in [0.5, 0.6) is 0 Å². The molecule has 2 heterocycles. The number of halogens is 1. The number of fused-ring (bicyclic) bond motifs is 1. The summed E-state index contributed by atoms with van der Waals surface area (Å²) in [4.78, 5) is 10.9. The van der Waals surface area contributed by atoms with Gasteiger partial charge < -0.3 is 10.0 Å². The van der Waals surface area contributed by atoms with Crippen molar-refractivity contribution in [3.63, 3.8) is 0 Å². The lowest BCUT2D eigenvalue weighted by molar-refractivity contribution is 0.282. The first-order valence-electron chi connectivity index (χ1n) is 6.60. The fraction of sp³-hybridized carbons (Fsp3) is 0.429. The van der Waals surface area contributed by atoms with E-state index >= 15 is 0 Å². The molecule has 5 heteroatoms. The van der Waals surface area contributed by atoms with Crippen molar-refractivity contribution in [2.24, 2.45) is 0 Å². The number of hydrogen-bond donors (Lipinski definition) is 1. The molecule has 0 unspecified atom stereocenters. The first-order chi connectivity index (χ1) is 9.28. The molecule has 100 valence electrons. The van der Waals surface area contributed by atoms with Gasteiger partial charge in [-0.05, 0) is 48.6 Å². The highest BCUT2D eigenvalue weighted by molar-refractivity contribution is 6.28. The Hall–Kier alpha value is -1.39. The van der Waals surface area contributed by atoms with Crippen molar-refractivity contribution in [2.45, 2.75) is 25.9 Å². The van der Waals surface area contributed by atoms with Gasteiger partial charge in [-0.15, -0.1) is 0 Å². The standard InChI is InChI=1S/C14H16ClN3O/c15-14-16-12-8-10(9-19)4-5-11(12)13(17-14)18-6-2-1-3-7-18/h4-5,8,19H,1-3,6-7,9H2. The molecule has 1 aromatic carbocycles. The highest BCUT2D eigenvalue weighted by Gasteiger charge is 2.16. The van der Waals surface area contributed by atoms with Crippen LogP contribution in [0.2, 0.25) is 5.28 Å². The molecule has 0 bridgehead atoms. The number of anilines is 1. The van der Waals surface area contributed by atoms with Crippen LogP contribution in [0.15, 0.2) is 18.2 Å². The SMILES string of the molecule is OCc1ccc2c(N3CCCCC3)nc(Cl)nc2c1.